The number of nitrogens with zero attached hydrogens (tertiary/aromatic N) is 2. The Hall–Kier alpha value is -3.73. The van der Waals surface area contributed by atoms with Crippen molar-refractivity contribution in [2.24, 2.45) is 0 Å². The lowest BCUT2D eigenvalue weighted by molar-refractivity contribution is 0.102. The Morgan fingerprint density at radius 3 is 2.27 bits per heavy atom. The van der Waals surface area contributed by atoms with E-state index in [1.807, 2.05) is 94.4 Å². The van der Waals surface area contributed by atoms with Gasteiger partial charge in [0.25, 0.3) is 5.91 Å². The van der Waals surface area contributed by atoms with Crippen LogP contribution in [0.3, 0.4) is 0 Å². The molecule has 3 aromatic carbocycles. The highest BCUT2D eigenvalue weighted by Crippen LogP contribution is 2.25. The van der Waals surface area contributed by atoms with Gasteiger partial charge in [0.2, 0.25) is 5.95 Å². The minimum absolute atomic E-state index is 0.144. The normalized spacial score (nSPS) is 9.60. The summed E-state index contributed by atoms with van der Waals surface area (Å²) in [5.41, 5.74) is 9.71. The molecule has 0 saturated heterocycles. The number of rotatable bonds is 3. The van der Waals surface area contributed by atoms with Gasteiger partial charge in [0.1, 0.15) is 0 Å². The number of carbonyl (C=O) groups is 1. The van der Waals surface area contributed by atoms with Crippen LogP contribution in [0.4, 0.5) is 11.6 Å². The summed E-state index contributed by atoms with van der Waals surface area (Å²) in [6.45, 7) is 8.00. The number of aromatic nitrogens is 2. The quantitative estimate of drug-likeness (QED) is 0.430. The smallest absolute Gasteiger partial charge is 0.255 e. The number of amides is 1. The Kier molecular flexibility index (Phi) is 8.51. The van der Waals surface area contributed by atoms with Crippen molar-refractivity contribution >= 4 is 28.4 Å². The molecule has 0 bridgehead atoms. The fourth-order valence-corrected chi connectivity index (χ4v) is 2.79. The molecule has 1 heterocycles. The Bertz CT molecular complexity index is 1090. The van der Waals surface area contributed by atoms with Crippen molar-refractivity contribution in [3.63, 3.8) is 0 Å². The van der Waals surface area contributed by atoms with Gasteiger partial charge in [-0.3, -0.25) is 4.79 Å². The highest BCUT2D eigenvalue weighted by Gasteiger charge is 2.08. The number of benzene rings is 3. The Balaban J connectivity index is 0.000000757. The first-order chi connectivity index (χ1) is 14.7. The number of fused-ring (bicyclic) bond motifs is 1. The van der Waals surface area contributed by atoms with Crippen molar-refractivity contribution in [3.8, 4) is 11.1 Å². The second-order valence-electron chi connectivity index (χ2n) is 5.90. The molecule has 154 valence electrons. The molecule has 0 atom stereocenters. The van der Waals surface area contributed by atoms with Crippen molar-refractivity contribution in [1.29, 1.82) is 0 Å². The molecule has 5 heteroatoms. The summed E-state index contributed by atoms with van der Waals surface area (Å²) >= 11 is 0. The third-order valence-corrected chi connectivity index (χ3v) is 4.09. The minimum atomic E-state index is -0.144. The summed E-state index contributed by atoms with van der Waals surface area (Å²) in [6, 6.07) is 22.8. The van der Waals surface area contributed by atoms with Crippen LogP contribution in [-0.4, -0.2) is 15.9 Å². The van der Waals surface area contributed by atoms with Gasteiger partial charge in [0.05, 0.1) is 5.52 Å². The standard InChI is InChI=1S/C21H16N4O.2C2H6/c22-21-23-13-17-12-15(9-10-19(17)25-21)14-5-4-6-16(11-14)20(26)24-18-7-2-1-3-8-18;2*1-2/h1-13H,(H,24,26)(H2,22,23,25);2*1-2H3. The lowest BCUT2D eigenvalue weighted by atomic mass is 10.0. The molecule has 1 amide bonds. The Morgan fingerprint density at radius 1 is 0.833 bits per heavy atom. The van der Waals surface area contributed by atoms with E-state index in [9.17, 15) is 4.79 Å². The molecule has 0 spiro atoms. The average Bonchev–Trinajstić information content (AvgIpc) is 2.82. The minimum Gasteiger partial charge on any atom is -0.368 e. The number of para-hydroxylation sites is 1. The van der Waals surface area contributed by atoms with Gasteiger partial charge in [-0.05, 0) is 47.5 Å². The fourth-order valence-electron chi connectivity index (χ4n) is 2.79. The molecule has 30 heavy (non-hydrogen) atoms. The molecule has 0 aliphatic rings. The van der Waals surface area contributed by atoms with E-state index in [1.54, 1.807) is 12.3 Å². The van der Waals surface area contributed by atoms with Gasteiger partial charge in [-0.15, -0.1) is 0 Å². The van der Waals surface area contributed by atoms with Gasteiger partial charge < -0.3 is 11.1 Å². The van der Waals surface area contributed by atoms with Crippen LogP contribution in [0.25, 0.3) is 22.0 Å². The molecule has 0 unspecified atom stereocenters. The number of nitrogen functional groups attached to an aromatic ring is 1. The first kappa shape index (κ1) is 22.6. The zero-order chi connectivity index (χ0) is 21.9. The van der Waals surface area contributed by atoms with Gasteiger partial charge in [-0.2, -0.15) is 0 Å². The molecule has 3 N–H and O–H groups in total. The molecule has 0 aliphatic carbocycles. The van der Waals surface area contributed by atoms with E-state index in [0.717, 1.165) is 27.7 Å². The third-order valence-electron chi connectivity index (χ3n) is 4.09. The van der Waals surface area contributed by atoms with Crippen molar-refractivity contribution in [3.05, 3.63) is 84.6 Å². The lowest BCUT2D eigenvalue weighted by Crippen LogP contribution is -2.11. The predicted octanol–water partition coefficient (Wildman–Crippen LogP) is 6.18. The van der Waals surface area contributed by atoms with Crippen LogP contribution in [-0.2, 0) is 0 Å². The van der Waals surface area contributed by atoms with Crippen molar-refractivity contribution < 1.29 is 4.79 Å². The zero-order valence-corrected chi connectivity index (χ0v) is 17.9. The number of carbonyl (C=O) groups excluding carboxylic acids is 1. The van der Waals surface area contributed by atoms with Crippen LogP contribution in [0.2, 0.25) is 0 Å². The topological polar surface area (TPSA) is 80.9 Å². The van der Waals surface area contributed by atoms with E-state index in [1.165, 1.54) is 0 Å². The molecule has 4 rings (SSSR count). The van der Waals surface area contributed by atoms with Crippen molar-refractivity contribution in [2.75, 3.05) is 11.1 Å². The molecule has 5 nitrogen and oxygen atoms in total. The molecule has 0 aliphatic heterocycles. The maximum Gasteiger partial charge on any atom is 0.255 e. The molecule has 0 radical (unpaired) electrons. The number of anilines is 2. The van der Waals surface area contributed by atoms with E-state index < -0.39 is 0 Å². The molecular weight excluding hydrogens is 372 g/mol. The zero-order valence-electron chi connectivity index (χ0n) is 17.9. The van der Waals surface area contributed by atoms with Crippen LogP contribution >= 0.6 is 0 Å². The second-order valence-corrected chi connectivity index (χ2v) is 5.90. The van der Waals surface area contributed by atoms with E-state index >= 15 is 0 Å². The summed E-state index contributed by atoms with van der Waals surface area (Å²) in [5, 5.41) is 3.80. The van der Waals surface area contributed by atoms with Crippen LogP contribution in [0.1, 0.15) is 38.1 Å². The van der Waals surface area contributed by atoms with Crippen LogP contribution in [0.15, 0.2) is 79.0 Å². The molecule has 1 aromatic heterocycles. The van der Waals surface area contributed by atoms with E-state index in [2.05, 4.69) is 15.3 Å². The van der Waals surface area contributed by atoms with Gasteiger partial charge in [-0.1, -0.05) is 64.1 Å². The Morgan fingerprint density at radius 2 is 1.53 bits per heavy atom. The highest BCUT2D eigenvalue weighted by atomic mass is 16.1. The second kappa shape index (κ2) is 11.3. The van der Waals surface area contributed by atoms with Crippen molar-refractivity contribution in [1.82, 2.24) is 9.97 Å². The SMILES string of the molecule is CC.CC.Nc1ncc2cc(-c3cccc(C(=O)Nc4ccccc4)c3)ccc2n1. The monoisotopic (exact) mass is 400 g/mol. The predicted molar refractivity (Wildman–Crippen MR) is 126 cm³/mol. The van der Waals surface area contributed by atoms with Gasteiger partial charge >= 0.3 is 0 Å². The third kappa shape index (κ3) is 5.64. The maximum absolute atomic E-state index is 12.5. The summed E-state index contributed by atoms with van der Waals surface area (Å²) in [4.78, 5) is 20.7. The maximum atomic E-state index is 12.5. The Labute approximate surface area is 178 Å². The fraction of sp³-hybridized carbons (Fsp3) is 0.160. The van der Waals surface area contributed by atoms with Crippen LogP contribution < -0.4 is 11.1 Å². The average molecular weight is 401 g/mol. The number of nitrogens with one attached hydrogen (secondary N) is 1. The van der Waals surface area contributed by atoms with Gasteiger partial charge in [-0.25, -0.2) is 9.97 Å². The summed E-state index contributed by atoms with van der Waals surface area (Å²) in [6.07, 6.45) is 1.70. The number of hydrogen-bond donors (Lipinski definition) is 2. The van der Waals surface area contributed by atoms with Crippen LogP contribution in [0.5, 0.6) is 0 Å². The van der Waals surface area contributed by atoms with Gasteiger partial charge in [0.15, 0.2) is 0 Å². The highest BCUT2D eigenvalue weighted by molar-refractivity contribution is 6.05. The number of nitrogens with two attached hydrogens (primary N) is 1. The van der Waals surface area contributed by atoms with E-state index in [-0.39, 0.29) is 11.9 Å². The summed E-state index contributed by atoms with van der Waals surface area (Å²) < 4.78 is 0. The van der Waals surface area contributed by atoms with Crippen molar-refractivity contribution in [2.45, 2.75) is 27.7 Å². The van der Waals surface area contributed by atoms with Crippen LogP contribution in [0, 0.1) is 0 Å². The molecular formula is C25H28N4O. The largest absolute Gasteiger partial charge is 0.368 e. The van der Waals surface area contributed by atoms with E-state index in [4.69, 9.17) is 5.73 Å². The lowest BCUT2D eigenvalue weighted by Gasteiger charge is -2.08. The molecule has 0 saturated carbocycles. The molecule has 4 aromatic rings. The van der Waals surface area contributed by atoms with E-state index in [0.29, 0.717) is 5.56 Å². The summed E-state index contributed by atoms with van der Waals surface area (Å²) in [5.74, 6) is 0.111. The summed E-state index contributed by atoms with van der Waals surface area (Å²) in [7, 11) is 0. The first-order valence-corrected chi connectivity index (χ1v) is 10.2. The number of hydrogen-bond acceptors (Lipinski definition) is 4. The first-order valence-electron chi connectivity index (χ1n) is 10.2. The van der Waals surface area contributed by atoms with Gasteiger partial charge in [0, 0.05) is 22.8 Å². The molecule has 0 fully saturated rings.